The molecule has 0 heterocycles. The van der Waals surface area contributed by atoms with Crippen LogP contribution in [0.3, 0.4) is 0 Å². The van der Waals surface area contributed by atoms with Crippen molar-refractivity contribution in [3.05, 3.63) is 34.3 Å². The maximum Gasteiger partial charge on any atom is 0.123 e. The molecule has 0 aliphatic heterocycles. The van der Waals surface area contributed by atoms with E-state index in [4.69, 9.17) is 0 Å². The lowest BCUT2D eigenvalue weighted by molar-refractivity contribution is -0.111. The molecule has 1 atom stereocenters. The van der Waals surface area contributed by atoms with Crippen LogP contribution in [0.15, 0.2) is 28.7 Å². The number of hydrogen-bond acceptors (Lipinski definition) is 1. The highest BCUT2D eigenvalue weighted by atomic mass is 79.9. The molecule has 1 aliphatic carbocycles. The first-order valence-electron chi connectivity index (χ1n) is 4.99. The zero-order valence-corrected chi connectivity index (χ0v) is 9.53. The minimum Gasteiger partial charge on any atom is -0.303 e. The van der Waals surface area contributed by atoms with Gasteiger partial charge in [-0.2, -0.15) is 0 Å². The van der Waals surface area contributed by atoms with Crippen LogP contribution in [0.1, 0.15) is 18.4 Å². The maximum atomic E-state index is 10.9. The van der Waals surface area contributed by atoms with Gasteiger partial charge >= 0.3 is 0 Å². The Hall–Kier alpha value is -0.630. The van der Waals surface area contributed by atoms with Crippen molar-refractivity contribution in [1.82, 2.24) is 0 Å². The second kappa shape index (κ2) is 4.26. The number of aldehydes is 1. The molecule has 0 amide bonds. The van der Waals surface area contributed by atoms with Crippen LogP contribution in [-0.2, 0) is 11.2 Å². The molecule has 0 aromatic heterocycles. The van der Waals surface area contributed by atoms with Gasteiger partial charge in [0.2, 0.25) is 0 Å². The molecular weight excluding hydrogens is 240 g/mol. The summed E-state index contributed by atoms with van der Waals surface area (Å²) in [6.07, 6.45) is 4.49. The lowest BCUT2D eigenvalue weighted by Crippen LogP contribution is -2.08. The minimum atomic E-state index is 0.240. The van der Waals surface area contributed by atoms with E-state index < -0.39 is 0 Å². The second-order valence-electron chi connectivity index (χ2n) is 3.97. The van der Waals surface area contributed by atoms with E-state index in [0.29, 0.717) is 5.92 Å². The topological polar surface area (TPSA) is 17.1 Å². The Morgan fingerprint density at radius 2 is 2.29 bits per heavy atom. The standard InChI is InChI=1S/C12H13BrO/c13-12-3-1-2-9(7-12)6-11(8-14)10-4-5-10/h1-3,7-8,10-11H,4-6H2. The summed E-state index contributed by atoms with van der Waals surface area (Å²) in [7, 11) is 0. The Balaban J connectivity index is 2.04. The van der Waals surface area contributed by atoms with Crippen LogP contribution in [0.4, 0.5) is 0 Å². The van der Waals surface area contributed by atoms with Crippen molar-refractivity contribution in [2.75, 3.05) is 0 Å². The number of hydrogen-bond donors (Lipinski definition) is 0. The lowest BCUT2D eigenvalue weighted by Gasteiger charge is -2.08. The summed E-state index contributed by atoms with van der Waals surface area (Å²) < 4.78 is 1.09. The highest BCUT2D eigenvalue weighted by Crippen LogP contribution is 2.37. The van der Waals surface area contributed by atoms with Crippen LogP contribution in [-0.4, -0.2) is 6.29 Å². The van der Waals surface area contributed by atoms with Crippen molar-refractivity contribution < 1.29 is 4.79 Å². The van der Waals surface area contributed by atoms with Crippen LogP contribution in [0.25, 0.3) is 0 Å². The molecule has 2 rings (SSSR count). The zero-order valence-electron chi connectivity index (χ0n) is 7.95. The normalized spacial score (nSPS) is 17.8. The third kappa shape index (κ3) is 2.44. The van der Waals surface area contributed by atoms with Gasteiger partial charge < -0.3 is 4.79 Å². The van der Waals surface area contributed by atoms with E-state index in [1.165, 1.54) is 18.4 Å². The summed E-state index contributed by atoms with van der Waals surface area (Å²) in [6.45, 7) is 0. The highest BCUT2D eigenvalue weighted by molar-refractivity contribution is 9.10. The molecule has 0 N–H and O–H groups in total. The van der Waals surface area contributed by atoms with Gasteiger partial charge in [0.05, 0.1) is 0 Å². The van der Waals surface area contributed by atoms with Gasteiger partial charge in [-0.05, 0) is 42.9 Å². The molecular formula is C12H13BrO. The van der Waals surface area contributed by atoms with E-state index in [1.807, 2.05) is 12.1 Å². The molecule has 74 valence electrons. The van der Waals surface area contributed by atoms with Gasteiger partial charge in [-0.1, -0.05) is 28.1 Å². The Bertz CT molecular complexity index is 331. The number of halogens is 1. The van der Waals surface area contributed by atoms with E-state index in [0.717, 1.165) is 17.2 Å². The fourth-order valence-corrected chi connectivity index (χ4v) is 2.23. The SMILES string of the molecule is O=CC(Cc1cccc(Br)c1)C1CC1. The first kappa shape index (κ1) is 9.91. The third-order valence-corrected chi connectivity index (χ3v) is 3.26. The summed E-state index contributed by atoms with van der Waals surface area (Å²) in [6, 6.07) is 8.22. The Labute approximate surface area is 92.6 Å². The predicted molar refractivity (Wildman–Crippen MR) is 60.1 cm³/mol. The van der Waals surface area contributed by atoms with Crippen LogP contribution < -0.4 is 0 Å². The fraction of sp³-hybridized carbons (Fsp3) is 0.417. The van der Waals surface area contributed by atoms with Crippen molar-refractivity contribution >= 4 is 22.2 Å². The predicted octanol–water partition coefficient (Wildman–Crippen LogP) is 3.22. The number of carbonyl (C=O) groups is 1. The Kier molecular flexibility index (Phi) is 3.02. The molecule has 1 aliphatic rings. The van der Waals surface area contributed by atoms with Crippen LogP contribution in [0, 0.1) is 11.8 Å². The molecule has 0 spiro atoms. The second-order valence-corrected chi connectivity index (χ2v) is 4.89. The Morgan fingerprint density at radius 3 is 2.86 bits per heavy atom. The van der Waals surface area contributed by atoms with Gasteiger partial charge in [0.1, 0.15) is 6.29 Å². The van der Waals surface area contributed by atoms with Crippen LogP contribution >= 0.6 is 15.9 Å². The molecule has 1 saturated carbocycles. The van der Waals surface area contributed by atoms with Gasteiger partial charge in [0, 0.05) is 10.4 Å². The molecule has 1 nitrogen and oxygen atoms in total. The summed E-state index contributed by atoms with van der Waals surface area (Å²) in [5, 5.41) is 0. The quantitative estimate of drug-likeness (QED) is 0.753. The molecule has 1 aromatic rings. The molecule has 14 heavy (non-hydrogen) atoms. The number of carbonyl (C=O) groups excluding carboxylic acids is 1. The highest BCUT2D eigenvalue weighted by Gasteiger charge is 2.30. The third-order valence-electron chi connectivity index (χ3n) is 2.76. The average molecular weight is 253 g/mol. The van der Waals surface area contributed by atoms with Crippen molar-refractivity contribution in [2.45, 2.75) is 19.3 Å². The lowest BCUT2D eigenvalue weighted by atomic mass is 9.96. The monoisotopic (exact) mass is 252 g/mol. The first-order chi connectivity index (χ1) is 6.79. The summed E-state index contributed by atoms with van der Waals surface area (Å²) >= 11 is 3.44. The molecule has 0 saturated heterocycles. The minimum absolute atomic E-state index is 0.240. The van der Waals surface area contributed by atoms with Crippen LogP contribution in [0.2, 0.25) is 0 Å². The summed E-state index contributed by atoms with van der Waals surface area (Å²) in [4.78, 5) is 10.9. The van der Waals surface area contributed by atoms with Gasteiger partial charge in [-0.3, -0.25) is 0 Å². The number of rotatable bonds is 4. The van der Waals surface area contributed by atoms with E-state index in [9.17, 15) is 4.79 Å². The van der Waals surface area contributed by atoms with Crippen molar-refractivity contribution in [3.8, 4) is 0 Å². The van der Waals surface area contributed by atoms with Gasteiger partial charge in [-0.15, -0.1) is 0 Å². The van der Waals surface area contributed by atoms with Gasteiger partial charge in [-0.25, -0.2) is 0 Å². The van der Waals surface area contributed by atoms with Crippen molar-refractivity contribution in [1.29, 1.82) is 0 Å². The van der Waals surface area contributed by atoms with Crippen molar-refractivity contribution in [3.63, 3.8) is 0 Å². The molecule has 2 heteroatoms. The maximum absolute atomic E-state index is 10.9. The molecule has 0 radical (unpaired) electrons. The smallest absolute Gasteiger partial charge is 0.123 e. The summed E-state index contributed by atoms with van der Waals surface area (Å²) in [5.41, 5.74) is 1.25. The van der Waals surface area contributed by atoms with E-state index >= 15 is 0 Å². The molecule has 1 unspecified atom stereocenters. The zero-order chi connectivity index (χ0) is 9.97. The molecule has 1 aromatic carbocycles. The Morgan fingerprint density at radius 1 is 1.50 bits per heavy atom. The summed E-state index contributed by atoms with van der Waals surface area (Å²) in [5.74, 6) is 0.899. The van der Waals surface area contributed by atoms with E-state index in [2.05, 4.69) is 28.1 Å². The van der Waals surface area contributed by atoms with E-state index in [-0.39, 0.29) is 5.92 Å². The molecule has 0 bridgehead atoms. The fourth-order valence-electron chi connectivity index (χ4n) is 1.79. The molecule has 1 fully saturated rings. The van der Waals surface area contributed by atoms with Gasteiger partial charge in [0.15, 0.2) is 0 Å². The first-order valence-corrected chi connectivity index (χ1v) is 5.78. The van der Waals surface area contributed by atoms with Crippen molar-refractivity contribution in [2.24, 2.45) is 11.8 Å². The largest absolute Gasteiger partial charge is 0.303 e. The van der Waals surface area contributed by atoms with E-state index in [1.54, 1.807) is 0 Å². The number of benzene rings is 1. The van der Waals surface area contributed by atoms with Gasteiger partial charge in [0.25, 0.3) is 0 Å². The average Bonchev–Trinajstić information content (AvgIpc) is 2.97. The van der Waals surface area contributed by atoms with Crippen LogP contribution in [0.5, 0.6) is 0 Å².